The highest BCUT2D eigenvalue weighted by atomic mass is 16.7. The van der Waals surface area contributed by atoms with Crippen molar-refractivity contribution < 1.29 is 24.0 Å². The zero-order valence-electron chi connectivity index (χ0n) is 21.0. The van der Waals surface area contributed by atoms with Crippen molar-refractivity contribution >= 4 is 23.6 Å². The molecule has 4 atom stereocenters. The second kappa shape index (κ2) is 15.6. The molecule has 0 fully saturated rings. The Balaban J connectivity index is 4.38. The first-order valence-corrected chi connectivity index (χ1v) is 11.7. The largest absolute Gasteiger partial charge is 0.354 e. The van der Waals surface area contributed by atoms with Crippen LogP contribution in [0.4, 0.5) is 0 Å². The van der Waals surface area contributed by atoms with Crippen LogP contribution in [0.3, 0.4) is 0 Å². The van der Waals surface area contributed by atoms with Gasteiger partial charge in [0, 0.05) is 35.8 Å². The molecule has 0 aromatic rings. The molecule has 0 rings (SSSR count). The van der Waals surface area contributed by atoms with E-state index in [0.29, 0.717) is 25.7 Å². The van der Waals surface area contributed by atoms with E-state index in [4.69, 9.17) is 4.84 Å². The number of carbonyl (C=O) groups excluding carboxylic acids is 4. The molecule has 0 spiro atoms. The van der Waals surface area contributed by atoms with Gasteiger partial charge in [-0.2, -0.15) is 0 Å². The van der Waals surface area contributed by atoms with Crippen LogP contribution in [0, 0.1) is 23.7 Å². The van der Waals surface area contributed by atoms with Crippen LogP contribution in [0.25, 0.3) is 0 Å². The van der Waals surface area contributed by atoms with Gasteiger partial charge in [-0.05, 0) is 53.4 Å². The van der Waals surface area contributed by atoms with Gasteiger partial charge in [0.15, 0.2) is 0 Å². The van der Waals surface area contributed by atoms with Gasteiger partial charge in [-0.3, -0.25) is 24.0 Å². The number of amides is 4. The van der Waals surface area contributed by atoms with Crippen molar-refractivity contribution in [3.8, 4) is 0 Å². The van der Waals surface area contributed by atoms with Crippen LogP contribution in [0.2, 0.25) is 0 Å². The highest BCUT2D eigenvalue weighted by Gasteiger charge is 2.25. The Morgan fingerprint density at radius 3 is 1.44 bits per heavy atom. The minimum Gasteiger partial charge on any atom is -0.354 e. The minimum atomic E-state index is -0.419. The lowest BCUT2D eigenvalue weighted by Crippen LogP contribution is -2.40. The number of rotatable bonds is 15. The number of nitrogens with one attached hydrogen (secondary N) is 4. The Hall–Kier alpha value is -2.16. The van der Waals surface area contributed by atoms with E-state index in [0.717, 1.165) is 0 Å². The molecule has 0 radical (unpaired) electrons. The molecule has 4 amide bonds. The predicted octanol–water partition coefficient (Wildman–Crippen LogP) is 2.26. The molecule has 0 aliphatic carbocycles. The van der Waals surface area contributed by atoms with Crippen LogP contribution in [0.1, 0.15) is 81.1 Å². The maximum atomic E-state index is 12.3. The Labute approximate surface area is 193 Å². The standard InChI is InChI=1S/C23H44N4O5/c1-9-18(22(30)25-14(3)4)11-16(7)20(28)24-13-32-27-21(29)17(8)12-19(10-2)23(31)26-15(5)6/h14-19H,9-13H2,1-8H3,(H,24,28)(H,25,30)(H,26,31)(H,27,29). The summed E-state index contributed by atoms with van der Waals surface area (Å²) >= 11 is 0. The summed E-state index contributed by atoms with van der Waals surface area (Å²) in [5.74, 6) is -1.99. The summed E-state index contributed by atoms with van der Waals surface area (Å²) in [7, 11) is 0. The number of hydroxylamine groups is 1. The second-order valence-corrected chi connectivity index (χ2v) is 9.11. The summed E-state index contributed by atoms with van der Waals surface area (Å²) < 4.78 is 0. The van der Waals surface area contributed by atoms with Gasteiger partial charge in [0.1, 0.15) is 6.73 Å². The van der Waals surface area contributed by atoms with Crippen LogP contribution in [0.15, 0.2) is 0 Å². The summed E-state index contributed by atoms with van der Waals surface area (Å²) in [5, 5.41) is 8.36. The van der Waals surface area contributed by atoms with Gasteiger partial charge >= 0.3 is 0 Å². The average molecular weight is 457 g/mol. The van der Waals surface area contributed by atoms with Crippen molar-refractivity contribution in [3.05, 3.63) is 0 Å². The molecule has 4 unspecified atom stereocenters. The maximum absolute atomic E-state index is 12.3. The van der Waals surface area contributed by atoms with Gasteiger partial charge in [0.25, 0.3) is 0 Å². The van der Waals surface area contributed by atoms with Crippen molar-refractivity contribution in [3.63, 3.8) is 0 Å². The summed E-state index contributed by atoms with van der Waals surface area (Å²) in [6.07, 6.45) is 2.12. The number of carbonyl (C=O) groups is 4. The zero-order valence-corrected chi connectivity index (χ0v) is 21.0. The van der Waals surface area contributed by atoms with Crippen LogP contribution in [0.5, 0.6) is 0 Å². The summed E-state index contributed by atoms with van der Waals surface area (Å²) in [6.45, 7) is 14.7. The molecular weight excluding hydrogens is 412 g/mol. The molecule has 9 heteroatoms. The SMILES string of the molecule is CCC(CC(C)C(=O)NCONC(=O)C(C)CC(CC)C(=O)NC(C)C)C(=O)NC(C)C. The minimum absolute atomic E-state index is 0.0483. The lowest BCUT2D eigenvalue weighted by Gasteiger charge is -2.21. The molecule has 9 nitrogen and oxygen atoms in total. The zero-order chi connectivity index (χ0) is 24.8. The molecule has 0 heterocycles. The molecule has 4 N–H and O–H groups in total. The topological polar surface area (TPSA) is 126 Å². The van der Waals surface area contributed by atoms with Crippen molar-refractivity contribution in [1.82, 2.24) is 21.4 Å². The van der Waals surface area contributed by atoms with Crippen molar-refractivity contribution in [2.24, 2.45) is 23.7 Å². The molecular formula is C23H44N4O5. The van der Waals surface area contributed by atoms with E-state index < -0.39 is 5.92 Å². The van der Waals surface area contributed by atoms with E-state index in [-0.39, 0.29) is 60.2 Å². The molecule has 0 aliphatic rings. The third kappa shape index (κ3) is 12.0. The Bertz CT molecular complexity index is 557. The fraction of sp³-hybridized carbons (Fsp3) is 0.826. The van der Waals surface area contributed by atoms with Crippen molar-refractivity contribution in [2.75, 3.05) is 6.73 Å². The second-order valence-electron chi connectivity index (χ2n) is 9.11. The Morgan fingerprint density at radius 1 is 0.656 bits per heavy atom. The van der Waals surface area contributed by atoms with E-state index in [2.05, 4.69) is 21.4 Å². The van der Waals surface area contributed by atoms with Gasteiger partial charge in [-0.1, -0.05) is 27.7 Å². The first kappa shape index (κ1) is 29.8. The van der Waals surface area contributed by atoms with Crippen molar-refractivity contribution in [2.45, 2.75) is 93.2 Å². The highest BCUT2D eigenvalue weighted by Crippen LogP contribution is 2.17. The first-order valence-electron chi connectivity index (χ1n) is 11.7. The van der Waals surface area contributed by atoms with Crippen molar-refractivity contribution in [1.29, 1.82) is 0 Å². The highest BCUT2D eigenvalue weighted by molar-refractivity contribution is 5.82. The van der Waals surface area contributed by atoms with E-state index in [1.807, 2.05) is 41.5 Å². The van der Waals surface area contributed by atoms with Crippen LogP contribution in [-0.2, 0) is 24.0 Å². The lowest BCUT2D eigenvalue weighted by atomic mass is 9.92. The molecule has 0 aromatic heterocycles. The lowest BCUT2D eigenvalue weighted by molar-refractivity contribution is -0.142. The number of hydrogen-bond donors (Lipinski definition) is 4. The molecule has 32 heavy (non-hydrogen) atoms. The summed E-state index contributed by atoms with van der Waals surface area (Å²) in [6, 6.07) is 0.101. The predicted molar refractivity (Wildman–Crippen MR) is 124 cm³/mol. The van der Waals surface area contributed by atoms with Gasteiger partial charge in [-0.25, -0.2) is 5.48 Å². The van der Waals surface area contributed by atoms with E-state index >= 15 is 0 Å². The molecule has 0 aliphatic heterocycles. The third-order valence-electron chi connectivity index (χ3n) is 5.25. The number of hydrogen-bond acceptors (Lipinski definition) is 5. The maximum Gasteiger partial charge on any atom is 0.246 e. The Kier molecular flexibility index (Phi) is 14.6. The first-order chi connectivity index (χ1) is 14.9. The molecule has 0 saturated heterocycles. The van der Waals surface area contributed by atoms with Crippen LogP contribution >= 0.6 is 0 Å². The molecule has 0 bridgehead atoms. The van der Waals surface area contributed by atoms with Gasteiger partial charge in [-0.15, -0.1) is 0 Å². The fourth-order valence-corrected chi connectivity index (χ4v) is 3.28. The van der Waals surface area contributed by atoms with E-state index in [9.17, 15) is 19.2 Å². The molecule has 0 aromatic carbocycles. The van der Waals surface area contributed by atoms with Gasteiger partial charge in [0.05, 0.1) is 0 Å². The Morgan fingerprint density at radius 2 is 1.06 bits per heavy atom. The molecule has 0 saturated carbocycles. The average Bonchev–Trinajstić information content (AvgIpc) is 2.71. The quantitative estimate of drug-likeness (QED) is 0.171. The summed E-state index contributed by atoms with van der Waals surface area (Å²) in [4.78, 5) is 54.0. The van der Waals surface area contributed by atoms with E-state index in [1.54, 1.807) is 13.8 Å². The van der Waals surface area contributed by atoms with Gasteiger partial charge < -0.3 is 16.0 Å². The molecule has 186 valence electrons. The van der Waals surface area contributed by atoms with Crippen LogP contribution in [-0.4, -0.2) is 42.4 Å². The fourth-order valence-electron chi connectivity index (χ4n) is 3.28. The monoisotopic (exact) mass is 456 g/mol. The van der Waals surface area contributed by atoms with Gasteiger partial charge in [0.2, 0.25) is 23.6 Å². The summed E-state index contributed by atoms with van der Waals surface area (Å²) in [5.41, 5.74) is 2.33. The normalized spacial score (nSPS) is 14.9. The van der Waals surface area contributed by atoms with Crippen LogP contribution < -0.4 is 21.4 Å². The third-order valence-corrected chi connectivity index (χ3v) is 5.25. The smallest absolute Gasteiger partial charge is 0.246 e. The van der Waals surface area contributed by atoms with E-state index in [1.165, 1.54) is 0 Å².